The number of sulfone groups is 1. The molecule has 0 aliphatic rings. The predicted molar refractivity (Wildman–Crippen MR) is 56.2 cm³/mol. The van der Waals surface area contributed by atoms with Crippen LogP contribution in [0.15, 0.2) is 6.20 Å². The highest BCUT2D eigenvalue weighted by Gasteiger charge is 2.07. The summed E-state index contributed by atoms with van der Waals surface area (Å²) in [5, 5.41) is 4.06. The van der Waals surface area contributed by atoms with Crippen LogP contribution in [0.1, 0.15) is 11.3 Å². The Kier molecular flexibility index (Phi) is 3.55. The molecule has 0 saturated carbocycles. The molecule has 0 aliphatic heterocycles. The van der Waals surface area contributed by atoms with Gasteiger partial charge in [-0.15, -0.1) is 11.6 Å². The van der Waals surface area contributed by atoms with Crippen molar-refractivity contribution >= 4 is 21.4 Å². The van der Waals surface area contributed by atoms with Gasteiger partial charge in [0.25, 0.3) is 0 Å². The van der Waals surface area contributed by atoms with Gasteiger partial charge in [0.05, 0.1) is 24.4 Å². The van der Waals surface area contributed by atoms with E-state index in [2.05, 4.69) is 5.10 Å². The monoisotopic (exact) mass is 236 g/mol. The summed E-state index contributed by atoms with van der Waals surface area (Å²) in [6.45, 7) is 2.27. The lowest BCUT2D eigenvalue weighted by molar-refractivity contribution is 0.582. The standard InChI is InChI=1S/C8H13ClN2O2S/c1-7-8(5-9)6-10-11(7)3-4-14(2,12)13/h6H,3-5H2,1-2H3. The van der Waals surface area contributed by atoms with E-state index in [9.17, 15) is 8.42 Å². The van der Waals surface area contributed by atoms with Gasteiger partial charge in [-0.05, 0) is 6.92 Å². The summed E-state index contributed by atoms with van der Waals surface area (Å²) < 4.78 is 23.5. The van der Waals surface area contributed by atoms with Crippen LogP contribution in [-0.2, 0) is 22.3 Å². The third-order valence-corrected chi connectivity index (χ3v) is 3.23. The van der Waals surface area contributed by atoms with E-state index in [1.807, 2.05) is 6.92 Å². The van der Waals surface area contributed by atoms with Gasteiger partial charge in [0, 0.05) is 17.5 Å². The van der Waals surface area contributed by atoms with Crippen LogP contribution < -0.4 is 0 Å². The molecule has 1 rings (SSSR count). The molecule has 0 atom stereocenters. The maximum Gasteiger partial charge on any atom is 0.149 e. The maximum absolute atomic E-state index is 10.9. The van der Waals surface area contributed by atoms with E-state index >= 15 is 0 Å². The molecule has 0 spiro atoms. The van der Waals surface area contributed by atoms with E-state index in [0.29, 0.717) is 12.4 Å². The fourth-order valence-corrected chi connectivity index (χ4v) is 1.86. The Bertz CT molecular complexity index is 411. The Labute approximate surface area is 88.8 Å². The minimum absolute atomic E-state index is 0.108. The summed E-state index contributed by atoms with van der Waals surface area (Å²) in [5.41, 5.74) is 1.88. The minimum atomic E-state index is -2.93. The van der Waals surface area contributed by atoms with Gasteiger partial charge in [-0.2, -0.15) is 5.10 Å². The van der Waals surface area contributed by atoms with Crippen molar-refractivity contribution in [3.63, 3.8) is 0 Å². The van der Waals surface area contributed by atoms with E-state index in [1.54, 1.807) is 10.9 Å². The van der Waals surface area contributed by atoms with E-state index < -0.39 is 9.84 Å². The largest absolute Gasteiger partial charge is 0.269 e. The topological polar surface area (TPSA) is 52.0 Å². The lowest BCUT2D eigenvalue weighted by Gasteiger charge is -2.03. The highest BCUT2D eigenvalue weighted by atomic mass is 35.5. The van der Waals surface area contributed by atoms with Gasteiger partial charge in [-0.3, -0.25) is 4.68 Å². The zero-order valence-corrected chi connectivity index (χ0v) is 9.77. The summed E-state index contributed by atoms with van der Waals surface area (Å²) in [6.07, 6.45) is 2.89. The van der Waals surface area contributed by atoms with E-state index in [1.165, 1.54) is 6.26 Å². The van der Waals surface area contributed by atoms with Crippen molar-refractivity contribution < 1.29 is 8.42 Å². The molecule has 0 amide bonds. The van der Waals surface area contributed by atoms with Crippen LogP contribution in [0.4, 0.5) is 0 Å². The molecule has 0 aromatic carbocycles. The van der Waals surface area contributed by atoms with Crippen LogP contribution in [0.5, 0.6) is 0 Å². The van der Waals surface area contributed by atoms with Gasteiger partial charge >= 0.3 is 0 Å². The molecular formula is C8H13ClN2O2S. The molecule has 0 N–H and O–H groups in total. The van der Waals surface area contributed by atoms with Crippen LogP contribution in [0, 0.1) is 6.92 Å². The lowest BCUT2D eigenvalue weighted by Crippen LogP contribution is -2.13. The lowest BCUT2D eigenvalue weighted by atomic mass is 10.3. The van der Waals surface area contributed by atoms with Crippen LogP contribution in [0.25, 0.3) is 0 Å². The number of alkyl halides is 1. The number of hydrogen-bond donors (Lipinski definition) is 0. The minimum Gasteiger partial charge on any atom is -0.269 e. The molecular weight excluding hydrogens is 224 g/mol. The van der Waals surface area contributed by atoms with Gasteiger partial charge in [0.15, 0.2) is 0 Å². The van der Waals surface area contributed by atoms with E-state index in [-0.39, 0.29) is 5.75 Å². The molecule has 0 fully saturated rings. The Morgan fingerprint density at radius 2 is 2.21 bits per heavy atom. The van der Waals surface area contributed by atoms with Crippen molar-refractivity contribution in [3.05, 3.63) is 17.5 Å². The number of aromatic nitrogens is 2. The molecule has 0 radical (unpaired) electrons. The summed E-state index contributed by atoms with van der Waals surface area (Å²) in [6, 6.07) is 0. The first-order valence-corrected chi connectivity index (χ1v) is 6.78. The molecule has 1 aromatic rings. The first-order valence-electron chi connectivity index (χ1n) is 4.19. The molecule has 0 saturated heterocycles. The average Bonchev–Trinajstić information content (AvgIpc) is 2.42. The maximum atomic E-state index is 10.9. The Morgan fingerprint density at radius 3 is 2.64 bits per heavy atom. The third-order valence-electron chi connectivity index (χ3n) is 2.02. The van der Waals surface area contributed by atoms with E-state index in [0.717, 1.165) is 11.3 Å². The van der Waals surface area contributed by atoms with Crippen molar-refractivity contribution in [2.75, 3.05) is 12.0 Å². The predicted octanol–water partition coefficient (Wildman–Crippen LogP) is 0.975. The van der Waals surface area contributed by atoms with Crippen molar-refractivity contribution in [1.82, 2.24) is 9.78 Å². The number of halogens is 1. The third kappa shape index (κ3) is 2.99. The Balaban J connectivity index is 2.73. The summed E-state index contributed by atoms with van der Waals surface area (Å²) in [4.78, 5) is 0. The second-order valence-electron chi connectivity index (χ2n) is 3.24. The van der Waals surface area contributed by atoms with Crippen molar-refractivity contribution in [1.29, 1.82) is 0 Å². The number of nitrogens with zero attached hydrogens (tertiary/aromatic N) is 2. The number of aryl methyl sites for hydroxylation is 1. The van der Waals surface area contributed by atoms with Gasteiger partial charge in [0.1, 0.15) is 9.84 Å². The van der Waals surface area contributed by atoms with Gasteiger partial charge in [0.2, 0.25) is 0 Å². The molecule has 6 heteroatoms. The fourth-order valence-electron chi connectivity index (χ4n) is 1.09. The van der Waals surface area contributed by atoms with Crippen molar-refractivity contribution in [2.45, 2.75) is 19.3 Å². The van der Waals surface area contributed by atoms with Crippen LogP contribution in [0.2, 0.25) is 0 Å². The molecule has 0 bridgehead atoms. The van der Waals surface area contributed by atoms with Gasteiger partial charge in [-0.25, -0.2) is 8.42 Å². The summed E-state index contributed by atoms with van der Waals surface area (Å²) in [5.74, 6) is 0.516. The first-order chi connectivity index (χ1) is 6.44. The van der Waals surface area contributed by atoms with E-state index in [4.69, 9.17) is 11.6 Å². The number of hydrogen-bond acceptors (Lipinski definition) is 3. The van der Waals surface area contributed by atoms with Crippen LogP contribution in [0.3, 0.4) is 0 Å². The number of rotatable bonds is 4. The zero-order valence-electron chi connectivity index (χ0n) is 8.20. The smallest absolute Gasteiger partial charge is 0.149 e. The average molecular weight is 237 g/mol. The molecule has 14 heavy (non-hydrogen) atoms. The van der Waals surface area contributed by atoms with Crippen molar-refractivity contribution in [2.24, 2.45) is 0 Å². The first kappa shape index (κ1) is 11.5. The fraction of sp³-hybridized carbons (Fsp3) is 0.625. The highest BCUT2D eigenvalue weighted by Crippen LogP contribution is 2.09. The molecule has 1 aromatic heterocycles. The summed E-state index contributed by atoms with van der Waals surface area (Å²) >= 11 is 5.66. The molecule has 80 valence electrons. The Hall–Kier alpha value is -0.550. The van der Waals surface area contributed by atoms with Crippen LogP contribution >= 0.6 is 11.6 Å². The SMILES string of the molecule is Cc1c(CCl)cnn1CCS(C)(=O)=O. The molecule has 1 heterocycles. The normalized spacial score (nSPS) is 11.9. The second kappa shape index (κ2) is 4.31. The van der Waals surface area contributed by atoms with Gasteiger partial charge < -0.3 is 0 Å². The second-order valence-corrected chi connectivity index (χ2v) is 5.77. The highest BCUT2D eigenvalue weighted by molar-refractivity contribution is 7.90. The molecule has 4 nitrogen and oxygen atoms in total. The zero-order chi connectivity index (χ0) is 10.8. The Morgan fingerprint density at radius 1 is 1.57 bits per heavy atom. The van der Waals surface area contributed by atoms with Crippen LogP contribution in [-0.4, -0.2) is 30.2 Å². The van der Waals surface area contributed by atoms with Crippen molar-refractivity contribution in [3.8, 4) is 0 Å². The molecule has 0 unspecified atom stereocenters. The molecule has 0 aliphatic carbocycles. The van der Waals surface area contributed by atoms with Gasteiger partial charge in [-0.1, -0.05) is 0 Å². The quantitative estimate of drug-likeness (QED) is 0.733. The summed E-state index contributed by atoms with van der Waals surface area (Å²) in [7, 11) is -2.93.